The largest absolute Gasteiger partial charge is 0.495 e. The number of hydrogen-bond donors (Lipinski definition) is 2. The number of urea groups is 1. The van der Waals surface area contributed by atoms with Crippen molar-refractivity contribution in [2.75, 3.05) is 45.7 Å². The molecule has 2 aliphatic heterocycles. The van der Waals surface area contributed by atoms with Crippen LogP contribution in [0.4, 0.5) is 10.5 Å². The summed E-state index contributed by atoms with van der Waals surface area (Å²) in [5.74, 6) is -0.613. The van der Waals surface area contributed by atoms with Gasteiger partial charge in [0.15, 0.2) is 0 Å². The molecule has 0 radical (unpaired) electrons. The Bertz CT molecular complexity index is 897. The van der Waals surface area contributed by atoms with Crippen LogP contribution in [0.15, 0.2) is 24.3 Å². The molecule has 180 valence electrons. The number of hydrogen-bond acceptors (Lipinski definition) is 6. The molecule has 33 heavy (non-hydrogen) atoms. The third kappa shape index (κ3) is 5.94. The van der Waals surface area contributed by atoms with Gasteiger partial charge < -0.3 is 29.9 Å². The third-order valence-corrected chi connectivity index (χ3v) is 6.49. The molecule has 2 aliphatic rings. The number of anilines is 1. The van der Waals surface area contributed by atoms with Gasteiger partial charge in [-0.1, -0.05) is 12.1 Å². The van der Waals surface area contributed by atoms with Crippen molar-refractivity contribution in [1.82, 2.24) is 15.1 Å². The van der Waals surface area contributed by atoms with E-state index in [2.05, 4.69) is 10.6 Å². The molecule has 4 amide bonds. The van der Waals surface area contributed by atoms with Crippen LogP contribution in [-0.2, 0) is 19.1 Å². The molecule has 0 saturated carbocycles. The van der Waals surface area contributed by atoms with Crippen molar-refractivity contribution in [2.24, 2.45) is 5.41 Å². The van der Waals surface area contributed by atoms with Crippen LogP contribution in [0, 0.1) is 5.41 Å². The summed E-state index contributed by atoms with van der Waals surface area (Å²) < 4.78 is 9.99. The Morgan fingerprint density at radius 1 is 1.03 bits per heavy atom. The minimum absolute atomic E-state index is 0.0361. The molecule has 0 aliphatic carbocycles. The highest BCUT2D eigenvalue weighted by atomic mass is 16.5. The number of carbonyl (C=O) groups excluding carboxylic acids is 4. The molecule has 10 nitrogen and oxygen atoms in total. The van der Waals surface area contributed by atoms with Crippen molar-refractivity contribution in [1.29, 1.82) is 0 Å². The average Bonchev–Trinajstić information content (AvgIpc) is 3.22. The van der Waals surface area contributed by atoms with E-state index in [1.165, 1.54) is 14.0 Å². The van der Waals surface area contributed by atoms with Gasteiger partial charge in [0.2, 0.25) is 11.8 Å². The topological polar surface area (TPSA) is 117 Å². The van der Waals surface area contributed by atoms with Gasteiger partial charge in [0, 0.05) is 33.1 Å². The minimum atomic E-state index is -0.989. The zero-order valence-corrected chi connectivity index (χ0v) is 19.4. The van der Waals surface area contributed by atoms with Crippen LogP contribution in [0.1, 0.15) is 32.6 Å². The Morgan fingerprint density at radius 2 is 1.67 bits per heavy atom. The van der Waals surface area contributed by atoms with Crippen molar-refractivity contribution in [2.45, 2.75) is 38.6 Å². The number of piperidine rings is 1. The van der Waals surface area contributed by atoms with Crippen LogP contribution < -0.4 is 15.4 Å². The SMILES string of the molecule is COC(=O)[C@H](CC(=O)N1CCC2(CCN(C(=O)Nc3ccccc3OC)CC2)C1)NC(C)=O. The lowest BCUT2D eigenvalue weighted by atomic mass is 9.78. The van der Waals surface area contributed by atoms with Crippen LogP contribution in [0.5, 0.6) is 5.75 Å². The molecular formula is C23H32N4O6. The summed E-state index contributed by atoms with van der Waals surface area (Å²) in [5, 5.41) is 5.39. The fourth-order valence-corrected chi connectivity index (χ4v) is 4.57. The van der Waals surface area contributed by atoms with Crippen molar-refractivity contribution >= 4 is 29.5 Å². The number of ether oxygens (including phenoxy) is 2. The molecule has 2 N–H and O–H groups in total. The van der Waals surface area contributed by atoms with E-state index < -0.39 is 17.9 Å². The number of amides is 4. The number of carbonyl (C=O) groups is 4. The second-order valence-electron chi connectivity index (χ2n) is 8.66. The first kappa shape index (κ1) is 24.3. The summed E-state index contributed by atoms with van der Waals surface area (Å²) in [7, 11) is 2.79. The number of esters is 1. The molecule has 0 unspecified atom stereocenters. The highest BCUT2D eigenvalue weighted by Crippen LogP contribution is 2.40. The highest BCUT2D eigenvalue weighted by molar-refractivity contribution is 5.91. The molecule has 2 saturated heterocycles. The highest BCUT2D eigenvalue weighted by Gasteiger charge is 2.43. The lowest BCUT2D eigenvalue weighted by Crippen LogP contribution is -2.47. The van der Waals surface area contributed by atoms with Crippen LogP contribution in [0.25, 0.3) is 0 Å². The van der Waals surface area contributed by atoms with Gasteiger partial charge in [-0.25, -0.2) is 9.59 Å². The average molecular weight is 461 g/mol. The van der Waals surface area contributed by atoms with Gasteiger partial charge in [-0.3, -0.25) is 9.59 Å². The van der Waals surface area contributed by atoms with Crippen molar-refractivity contribution < 1.29 is 28.7 Å². The third-order valence-electron chi connectivity index (χ3n) is 6.49. The van der Waals surface area contributed by atoms with Gasteiger partial charge in [0.1, 0.15) is 11.8 Å². The standard InChI is InChI=1S/C23H32N4O6/c1-16(28)24-18(21(30)33-3)14-20(29)27-13-10-23(15-27)8-11-26(12-9-23)22(31)25-17-6-4-5-7-19(17)32-2/h4-7,18H,8-15H2,1-3H3,(H,24,28)(H,25,31)/t18-/m0/s1. The molecule has 2 heterocycles. The molecule has 10 heteroatoms. The fraction of sp³-hybridized carbons (Fsp3) is 0.565. The van der Waals surface area contributed by atoms with Crippen LogP contribution in [0.3, 0.4) is 0 Å². The summed E-state index contributed by atoms with van der Waals surface area (Å²) in [5.41, 5.74) is 0.591. The van der Waals surface area contributed by atoms with E-state index in [1.54, 1.807) is 29.0 Å². The van der Waals surface area contributed by atoms with E-state index in [0.29, 0.717) is 37.6 Å². The molecule has 1 aromatic carbocycles. The van der Waals surface area contributed by atoms with Crippen molar-refractivity contribution in [3.05, 3.63) is 24.3 Å². The Morgan fingerprint density at radius 3 is 2.27 bits per heavy atom. The fourth-order valence-electron chi connectivity index (χ4n) is 4.57. The van der Waals surface area contributed by atoms with E-state index in [9.17, 15) is 19.2 Å². The minimum Gasteiger partial charge on any atom is -0.495 e. The summed E-state index contributed by atoms with van der Waals surface area (Å²) in [6.45, 7) is 3.67. The number of nitrogens with zero attached hydrogens (tertiary/aromatic N) is 2. The van der Waals surface area contributed by atoms with Crippen LogP contribution in [0.2, 0.25) is 0 Å². The van der Waals surface area contributed by atoms with Gasteiger partial charge in [0.25, 0.3) is 0 Å². The smallest absolute Gasteiger partial charge is 0.328 e. The van der Waals surface area contributed by atoms with Gasteiger partial charge in [-0.15, -0.1) is 0 Å². The maximum Gasteiger partial charge on any atom is 0.328 e. The molecule has 1 aromatic rings. The lowest BCUT2D eigenvalue weighted by Gasteiger charge is -2.39. The number of para-hydroxylation sites is 2. The monoisotopic (exact) mass is 460 g/mol. The Labute approximate surface area is 193 Å². The molecule has 3 rings (SSSR count). The molecule has 2 fully saturated rings. The van der Waals surface area contributed by atoms with E-state index in [-0.39, 0.29) is 23.8 Å². The summed E-state index contributed by atoms with van der Waals surface area (Å²) >= 11 is 0. The quantitative estimate of drug-likeness (QED) is 0.623. The van der Waals surface area contributed by atoms with Crippen molar-refractivity contribution in [3.63, 3.8) is 0 Å². The normalized spacial score (nSPS) is 17.9. The Balaban J connectivity index is 1.53. The Kier molecular flexibility index (Phi) is 7.78. The van der Waals surface area contributed by atoms with Crippen LogP contribution in [-0.4, -0.2) is 80.1 Å². The number of methoxy groups -OCH3 is 2. The second kappa shape index (κ2) is 10.5. The van der Waals surface area contributed by atoms with E-state index in [0.717, 1.165) is 19.3 Å². The molecule has 0 bridgehead atoms. The summed E-state index contributed by atoms with van der Waals surface area (Å²) in [6, 6.07) is 6.11. The second-order valence-corrected chi connectivity index (χ2v) is 8.66. The first-order valence-electron chi connectivity index (χ1n) is 11.1. The maximum atomic E-state index is 12.8. The van der Waals surface area contributed by atoms with Crippen molar-refractivity contribution in [3.8, 4) is 5.75 Å². The zero-order chi connectivity index (χ0) is 24.0. The first-order valence-corrected chi connectivity index (χ1v) is 11.1. The molecule has 1 atom stereocenters. The van der Waals surface area contributed by atoms with Crippen LogP contribution >= 0.6 is 0 Å². The number of rotatable bonds is 6. The van der Waals surface area contributed by atoms with Gasteiger partial charge in [0.05, 0.1) is 26.3 Å². The molecular weight excluding hydrogens is 428 g/mol. The van der Waals surface area contributed by atoms with Gasteiger partial charge in [-0.05, 0) is 36.8 Å². The summed E-state index contributed by atoms with van der Waals surface area (Å²) in [4.78, 5) is 52.3. The predicted octanol–water partition coefficient (Wildman–Crippen LogP) is 1.61. The lowest BCUT2D eigenvalue weighted by molar-refractivity contribution is -0.147. The summed E-state index contributed by atoms with van der Waals surface area (Å²) in [6.07, 6.45) is 2.31. The van der Waals surface area contributed by atoms with E-state index in [4.69, 9.17) is 9.47 Å². The van der Waals surface area contributed by atoms with Gasteiger partial charge in [-0.2, -0.15) is 0 Å². The number of benzene rings is 1. The maximum absolute atomic E-state index is 12.8. The first-order chi connectivity index (χ1) is 15.8. The number of nitrogens with one attached hydrogen (secondary N) is 2. The van der Waals surface area contributed by atoms with E-state index in [1.807, 2.05) is 12.1 Å². The zero-order valence-electron chi connectivity index (χ0n) is 19.4. The molecule has 1 spiro atoms. The Hall–Kier alpha value is -3.30. The number of likely N-dealkylation sites (tertiary alicyclic amines) is 2. The predicted molar refractivity (Wildman–Crippen MR) is 121 cm³/mol. The van der Waals surface area contributed by atoms with E-state index >= 15 is 0 Å². The molecule has 0 aromatic heterocycles. The van der Waals surface area contributed by atoms with Gasteiger partial charge >= 0.3 is 12.0 Å².